The minimum Gasteiger partial charge on any atom is -0.493 e. The number of aldehydes is 1. The number of carbonyl (C=O) groups is 1. The van der Waals surface area contributed by atoms with Crippen LogP contribution in [0.5, 0.6) is 11.5 Å². The van der Waals surface area contributed by atoms with Gasteiger partial charge < -0.3 is 25.0 Å². The summed E-state index contributed by atoms with van der Waals surface area (Å²) >= 11 is 0. The van der Waals surface area contributed by atoms with Crippen LogP contribution in [-0.4, -0.2) is 76.6 Å². The third-order valence-corrected chi connectivity index (χ3v) is 6.89. The number of benzene rings is 2. The van der Waals surface area contributed by atoms with E-state index < -0.39 is 0 Å². The summed E-state index contributed by atoms with van der Waals surface area (Å²) in [4.78, 5) is 19.2. The van der Waals surface area contributed by atoms with E-state index in [4.69, 9.17) is 15.2 Å². The Morgan fingerprint density at radius 1 is 1.09 bits per heavy atom. The van der Waals surface area contributed by atoms with Gasteiger partial charge in [0.15, 0.2) is 11.5 Å². The minimum absolute atomic E-state index is 0.132. The van der Waals surface area contributed by atoms with Crippen LogP contribution < -0.4 is 20.1 Å². The molecule has 2 N–H and O–H groups in total. The van der Waals surface area contributed by atoms with E-state index in [0.29, 0.717) is 24.6 Å². The zero-order valence-corrected chi connectivity index (χ0v) is 21.1. The van der Waals surface area contributed by atoms with Gasteiger partial charge in [-0.2, -0.15) is 0 Å². The number of carbonyl (C=O) groups excluding carboxylic acids is 1. The van der Waals surface area contributed by atoms with Gasteiger partial charge in [-0.15, -0.1) is 0 Å². The number of methoxy groups -OCH3 is 2. The van der Waals surface area contributed by atoms with E-state index in [1.807, 2.05) is 24.3 Å². The number of hydrogen-bond donors (Lipinski definition) is 1. The first-order chi connectivity index (χ1) is 16.6. The van der Waals surface area contributed by atoms with E-state index in [1.54, 1.807) is 14.2 Å². The highest BCUT2D eigenvalue weighted by molar-refractivity contribution is 5.81. The largest absolute Gasteiger partial charge is 0.493 e. The van der Waals surface area contributed by atoms with Crippen molar-refractivity contribution in [1.82, 2.24) is 9.80 Å². The molecule has 3 rings (SSSR count). The lowest BCUT2D eigenvalue weighted by atomic mass is 9.97. The lowest BCUT2D eigenvalue weighted by Gasteiger charge is -2.37. The molecule has 0 aliphatic carbocycles. The van der Waals surface area contributed by atoms with Crippen molar-refractivity contribution in [2.24, 2.45) is 5.73 Å². The average molecular weight is 469 g/mol. The minimum atomic E-state index is 0.132. The van der Waals surface area contributed by atoms with Crippen molar-refractivity contribution >= 4 is 12.0 Å². The molecule has 7 heteroatoms. The summed E-state index contributed by atoms with van der Waals surface area (Å²) in [6.07, 6.45) is 2.81. The highest BCUT2D eigenvalue weighted by atomic mass is 16.5. The zero-order chi connectivity index (χ0) is 24.5. The van der Waals surface area contributed by atoms with E-state index in [2.05, 4.69) is 40.8 Å². The Kier molecular flexibility index (Phi) is 9.74. The molecule has 1 aliphatic rings. The lowest BCUT2D eigenvalue weighted by molar-refractivity contribution is 0.112. The van der Waals surface area contributed by atoms with Gasteiger partial charge in [0.05, 0.1) is 14.2 Å². The van der Waals surface area contributed by atoms with Crippen molar-refractivity contribution in [3.05, 3.63) is 53.1 Å². The van der Waals surface area contributed by atoms with Crippen LogP contribution in [0.2, 0.25) is 0 Å². The molecule has 2 aromatic rings. The fourth-order valence-electron chi connectivity index (χ4n) is 4.85. The Morgan fingerprint density at radius 3 is 2.44 bits per heavy atom. The van der Waals surface area contributed by atoms with E-state index >= 15 is 0 Å². The van der Waals surface area contributed by atoms with Gasteiger partial charge in [0, 0.05) is 50.0 Å². The maximum absolute atomic E-state index is 12.0. The Hall–Kier alpha value is -2.61. The van der Waals surface area contributed by atoms with Gasteiger partial charge in [0.2, 0.25) is 0 Å². The smallest absolute Gasteiger partial charge is 0.161 e. The van der Waals surface area contributed by atoms with Crippen LogP contribution in [0.3, 0.4) is 0 Å². The maximum atomic E-state index is 12.0. The highest BCUT2D eigenvalue weighted by Crippen LogP contribution is 2.35. The lowest BCUT2D eigenvalue weighted by Crippen LogP contribution is -2.46. The first-order valence-electron chi connectivity index (χ1n) is 12.2. The summed E-state index contributed by atoms with van der Waals surface area (Å²) in [6, 6.07) is 12.3. The normalized spacial score (nSPS) is 15.4. The number of likely N-dealkylation sites (N-methyl/N-ethyl adjacent to an activating group) is 1. The zero-order valence-electron chi connectivity index (χ0n) is 21.1. The summed E-state index contributed by atoms with van der Waals surface area (Å²) in [6.45, 7) is 8.62. The van der Waals surface area contributed by atoms with E-state index in [-0.39, 0.29) is 6.04 Å². The quantitative estimate of drug-likeness (QED) is 0.478. The molecule has 0 bridgehead atoms. The average Bonchev–Trinajstić information content (AvgIpc) is 2.88. The molecule has 1 fully saturated rings. The monoisotopic (exact) mass is 468 g/mol. The molecule has 0 unspecified atom stereocenters. The Balaban J connectivity index is 1.90. The van der Waals surface area contributed by atoms with Crippen molar-refractivity contribution in [2.75, 3.05) is 65.4 Å². The molecule has 1 aliphatic heterocycles. The molecule has 34 heavy (non-hydrogen) atoms. The first kappa shape index (κ1) is 26.0. The van der Waals surface area contributed by atoms with Gasteiger partial charge in [-0.3, -0.25) is 9.69 Å². The SMILES string of the molecule is CCN1CCN(c2cccc(C=O)c2CN(C)[C@H](CCCN)c2ccc(OC)c(OC)c2)CC1. The third kappa shape index (κ3) is 6.09. The molecular weight excluding hydrogens is 428 g/mol. The summed E-state index contributed by atoms with van der Waals surface area (Å²) < 4.78 is 11.0. The van der Waals surface area contributed by atoms with Gasteiger partial charge in [-0.1, -0.05) is 25.1 Å². The molecule has 1 atom stereocenters. The van der Waals surface area contributed by atoms with Crippen molar-refractivity contribution < 1.29 is 14.3 Å². The van der Waals surface area contributed by atoms with E-state index in [0.717, 1.165) is 74.2 Å². The number of piperazine rings is 1. The molecule has 7 nitrogen and oxygen atoms in total. The number of hydrogen-bond acceptors (Lipinski definition) is 7. The van der Waals surface area contributed by atoms with Crippen LogP contribution in [0.1, 0.15) is 47.3 Å². The summed E-state index contributed by atoms with van der Waals surface area (Å²) in [5.41, 5.74) is 10.0. The van der Waals surface area contributed by atoms with Gasteiger partial charge in [0.25, 0.3) is 0 Å². The molecule has 1 heterocycles. The van der Waals surface area contributed by atoms with Gasteiger partial charge in [-0.25, -0.2) is 0 Å². The van der Waals surface area contributed by atoms with Gasteiger partial charge in [-0.05, 0) is 62.3 Å². The van der Waals surface area contributed by atoms with Crippen molar-refractivity contribution in [3.63, 3.8) is 0 Å². The van der Waals surface area contributed by atoms with Gasteiger partial charge >= 0.3 is 0 Å². The predicted molar refractivity (Wildman–Crippen MR) is 138 cm³/mol. The van der Waals surface area contributed by atoms with Crippen LogP contribution in [0, 0.1) is 0 Å². The fraction of sp³-hybridized carbons (Fsp3) is 0.519. The summed E-state index contributed by atoms with van der Waals surface area (Å²) in [5, 5.41) is 0. The summed E-state index contributed by atoms with van der Waals surface area (Å²) in [5.74, 6) is 1.43. The molecule has 0 spiro atoms. The summed E-state index contributed by atoms with van der Waals surface area (Å²) in [7, 11) is 5.43. The van der Waals surface area contributed by atoms with Crippen molar-refractivity contribution in [3.8, 4) is 11.5 Å². The molecule has 0 radical (unpaired) electrons. The Morgan fingerprint density at radius 2 is 1.82 bits per heavy atom. The van der Waals surface area contributed by atoms with Crippen LogP contribution in [0.15, 0.2) is 36.4 Å². The molecule has 186 valence electrons. The molecule has 0 saturated carbocycles. The van der Waals surface area contributed by atoms with Gasteiger partial charge in [0.1, 0.15) is 6.29 Å². The van der Waals surface area contributed by atoms with Crippen LogP contribution in [-0.2, 0) is 6.54 Å². The van der Waals surface area contributed by atoms with E-state index in [9.17, 15) is 4.79 Å². The van der Waals surface area contributed by atoms with Crippen LogP contribution in [0.25, 0.3) is 0 Å². The number of ether oxygens (including phenoxy) is 2. The van der Waals surface area contributed by atoms with E-state index in [1.165, 1.54) is 0 Å². The molecule has 0 aromatic heterocycles. The third-order valence-electron chi connectivity index (χ3n) is 6.89. The number of anilines is 1. The van der Waals surface area contributed by atoms with Crippen LogP contribution >= 0.6 is 0 Å². The topological polar surface area (TPSA) is 71.3 Å². The molecular formula is C27H40N4O3. The second-order valence-electron chi connectivity index (χ2n) is 8.86. The highest BCUT2D eigenvalue weighted by Gasteiger charge is 2.24. The molecule has 0 amide bonds. The standard InChI is InChI=1S/C27H40N4O3/c1-5-30-14-16-31(17-15-30)25-9-6-8-22(20-32)23(25)19-29(2)24(10-7-13-28)21-11-12-26(33-3)27(18-21)34-4/h6,8-9,11-12,18,20,24H,5,7,10,13-17,19,28H2,1-4H3/t24-/m1/s1. The van der Waals surface area contributed by atoms with Crippen molar-refractivity contribution in [1.29, 1.82) is 0 Å². The Bertz CT molecular complexity index is 928. The molecule has 2 aromatic carbocycles. The fourth-order valence-corrected chi connectivity index (χ4v) is 4.85. The predicted octanol–water partition coefficient (Wildman–Crippen LogP) is 3.57. The number of rotatable bonds is 12. The van der Waals surface area contributed by atoms with Crippen molar-refractivity contribution in [2.45, 2.75) is 32.4 Å². The maximum Gasteiger partial charge on any atom is 0.161 e. The first-order valence-corrected chi connectivity index (χ1v) is 12.2. The number of nitrogens with two attached hydrogens (primary N) is 1. The second kappa shape index (κ2) is 12.7. The van der Waals surface area contributed by atoms with Crippen LogP contribution in [0.4, 0.5) is 5.69 Å². The second-order valence-corrected chi connectivity index (χ2v) is 8.86. The molecule has 1 saturated heterocycles. The number of nitrogens with zero attached hydrogens (tertiary/aromatic N) is 3. The Labute approximate surface area is 204 Å².